The number of carbonyl (C=O) groups is 3. The molecule has 0 saturated heterocycles. The van der Waals surface area contributed by atoms with E-state index < -0.39 is 43.2 Å². The third kappa shape index (κ3) is 8.50. The van der Waals surface area contributed by atoms with Crippen molar-refractivity contribution in [1.82, 2.24) is 10.6 Å². The van der Waals surface area contributed by atoms with Crippen LogP contribution in [-0.4, -0.2) is 43.2 Å². The van der Waals surface area contributed by atoms with Crippen molar-refractivity contribution in [2.24, 2.45) is 5.92 Å². The molecule has 0 aliphatic carbocycles. The quantitative estimate of drug-likeness (QED) is 0.677. The number of nitrogens with one attached hydrogen (secondary N) is 2. The lowest BCUT2D eigenvalue weighted by atomic mass is 10.0. The molecule has 0 fully saturated rings. The number of amides is 2. The number of hydrogen-bond acceptors (Lipinski definition) is 4. The summed E-state index contributed by atoms with van der Waals surface area (Å²) in [5.41, 5.74) is 0.757. The van der Waals surface area contributed by atoms with Crippen molar-refractivity contribution < 1.29 is 32.3 Å². The van der Waals surface area contributed by atoms with Crippen molar-refractivity contribution in [3.8, 4) is 0 Å². The number of alkyl halides is 3. The van der Waals surface area contributed by atoms with Gasteiger partial charge in [-0.05, 0) is 11.5 Å². The molecule has 2 N–H and O–H groups in total. The van der Waals surface area contributed by atoms with Crippen LogP contribution < -0.4 is 10.6 Å². The molecular formula is C17H21F3N2O4. The average Bonchev–Trinajstić information content (AvgIpc) is 2.55. The highest BCUT2D eigenvalue weighted by Gasteiger charge is 2.29. The highest BCUT2D eigenvalue weighted by Crippen LogP contribution is 2.12. The maximum Gasteiger partial charge on any atom is 0.405 e. The summed E-state index contributed by atoms with van der Waals surface area (Å²) in [7, 11) is 0. The van der Waals surface area contributed by atoms with Crippen LogP contribution >= 0.6 is 0 Å². The molecule has 1 aromatic carbocycles. The van der Waals surface area contributed by atoms with Crippen LogP contribution in [0, 0.1) is 5.92 Å². The van der Waals surface area contributed by atoms with Crippen LogP contribution in [0.1, 0.15) is 19.4 Å². The number of esters is 1. The fourth-order valence-corrected chi connectivity index (χ4v) is 1.98. The first-order chi connectivity index (χ1) is 12.1. The Labute approximate surface area is 149 Å². The first-order valence-electron chi connectivity index (χ1n) is 7.92. The van der Waals surface area contributed by atoms with E-state index in [0.29, 0.717) is 0 Å². The molecule has 0 bridgehead atoms. The molecule has 0 unspecified atom stereocenters. The van der Waals surface area contributed by atoms with E-state index >= 15 is 0 Å². The fraction of sp³-hybridized carbons (Fsp3) is 0.471. The lowest BCUT2D eigenvalue weighted by Crippen LogP contribution is -2.47. The van der Waals surface area contributed by atoms with Crippen LogP contribution in [0.4, 0.5) is 13.2 Å². The molecule has 0 spiro atoms. The highest BCUT2D eigenvalue weighted by atomic mass is 19.4. The Morgan fingerprint density at radius 1 is 1.08 bits per heavy atom. The minimum absolute atomic E-state index is 0.0589. The summed E-state index contributed by atoms with van der Waals surface area (Å²) in [4.78, 5) is 35.4. The van der Waals surface area contributed by atoms with E-state index in [1.54, 1.807) is 49.5 Å². The zero-order chi connectivity index (χ0) is 19.7. The molecule has 0 heterocycles. The monoisotopic (exact) mass is 374 g/mol. The van der Waals surface area contributed by atoms with E-state index in [2.05, 4.69) is 5.32 Å². The van der Waals surface area contributed by atoms with Gasteiger partial charge in [-0.1, -0.05) is 44.2 Å². The van der Waals surface area contributed by atoms with Crippen molar-refractivity contribution in [3.63, 3.8) is 0 Å². The van der Waals surface area contributed by atoms with Crippen molar-refractivity contribution in [2.75, 3.05) is 13.2 Å². The van der Waals surface area contributed by atoms with Crippen molar-refractivity contribution in [1.29, 1.82) is 0 Å². The number of benzene rings is 1. The maximum absolute atomic E-state index is 12.1. The molecular weight excluding hydrogens is 353 g/mol. The Hall–Kier alpha value is -2.58. The van der Waals surface area contributed by atoms with Gasteiger partial charge < -0.3 is 15.4 Å². The van der Waals surface area contributed by atoms with Gasteiger partial charge in [0, 0.05) is 0 Å². The van der Waals surface area contributed by atoms with E-state index in [0.717, 1.165) is 5.56 Å². The molecule has 0 aromatic heterocycles. The van der Waals surface area contributed by atoms with Crippen molar-refractivity contribution in [3.05, 3.63) is 35.9 Å². The fourth-order valence-electron chi connectivity index (χ4n) is 1.98. The summed E-state index contributed by atoms with van der Waals surface area (Å²) < 4.78 is 40.7. The predicted molar refractivity (Wildman–Crippen MR) is 86.9 cm³/mol. The Balaban J connectivity index is 2.51. The van der Waals surface area contributed by atoms with Gasteiger partial charge in [0.25, 0.3) is 5.91 Å². The number of rotatable bonds is 8. The predicted octanol–water partition coefficient (Wildman–Crippen LogP) is 1.59. The normalized spacial score (nSPS) is 12.4. The van der Waals surface area contributed by atoms with Crippen LogP contribution in [0.25, 0.3) is 0 Å². The molecule has 144 valence electrons. The Morgan fingerprint density at radius 2 is 1.69 bits per heavy atom. The summed E-state index contributed by atoms with van der Waals surface area (Å²) in [6.07, 6.45) is -4.49. The maximum atomic E-state index is 12.1. The Kier molecular flexibility index (Phi) is 8.08. The van der Waals surface area contributed by atoms with Gasteiger partial charge in [0.1, 0.15) is 12.6 Å². The summed E-state index contributed by atoms with van der Waals surface area (Å²) >= 11 is 0. The zero-order valence-electron chi connectivity index (χ0n) is 14.4. The molecule has 0 saturated carbocycles. The van der Waals surface area contributed by atoms with Gasteiger partial charge in [-0.25, -0.2) is 4.79 Å². The number of halogens is 3. The minimum atomic E-state index is -4.55. The molecule has 0 aliphatic rings. The summed E-state index contributed by atoms with van der Waals surface area (Å²) in [6, 6.07) is 7.86. The molecule has 6 nitrogen and oxygen atoms in total. The van der Waals surface area contributed by atoms with Gasteiger partial charge in [-0.15, -0.1) is 0 Å². The van der Waals surface area contributed by atoms with E-state index in [1.165, 1.54) is 0 Å². The van der Waals surface area contributed by atoms with E-state index in [-0.39, 0.29) is 12.3 Å². The standard InChI is InChI=1S/C17H21F3N2O4/c1-11(2)15(22-13(23)8-12-6-4-3-5-7-12)16(25)26-9-14(24)21-10-17(18,19)20/h3-7,11,15H,8-10H2,1-2H3,(H,21,24)(H,22,23)/t15-/m0/s1. The lowest BCUT2D eigenvalue weighted by molar-refractivity contribution is -0.154. The first kappa shape index (κ1) is 21.5. The smallest absolute Gasteiger partial charge is 0.405 e. The minimum Gasteiger partial charge on any atom is -0.454 e. The second-order valence-corrected chi connectivity index (χ2v) is 5.95. The summed E-state index contributed by atoms with van der Waals surface area (Å²) in [5, 5.41) is 4.11. The third-order valence-electron chi connectivity index (χ3n) is 3.28. The molecule has 0 radical (unpaired) electrons. The van der Waals surface area contributed by atoms with Gasteiger partial charge in [-0.2, -0.15) is 13.2 Å². The first-order valence-corrected chi connectivity index (χ1v) is 7.92. The van der Waals surface area contributed by atoms with Gasteiger partial charge in [0.15, 0.2) is 6.61 Å². The molecule has 26 heavy (non-hydrogen) atoms. The van der Waals surface area contributed by atoms with Crippen LogP contribution in [0.2, 0.25) is 0 Å². The second-order valence-electron chi connectivity index (χ2n) is 5.95. The molecule has 1 atom stereocenters. The van der Waals surface area contributed by atoms with Crippen molar-refractivity contribution >= 4 is 17.8 Å². The lowest BCUT2D eigenvalue weighted by Gasteiger charge is -2.21. The number of hydrogen-bond donors (Lipinski definition) is 2. The van der Waals surface area contributed by atoms with Gasteiger partial charge in [0.2, 0.25) is 5.91 Å². The number of carbonyl (C=O) groups excluding carboxylic acids is 3. The second kappa shape index (κ2) is 9.79. The van der Waals surface area contributed by atoms with Crippen LogP contribution in [0.15, 0.2) is 30.3 Å². The van der Waals surface area contributed by atoms with Crippen LogP contribution in [-0.2, 0) is 25.5 Å². The molecule has 1 aromatic rings. The van der Waals surface area contributed by atoms with Crippen molar-refractivity contribution in [2.45, 2.75) is 32.5 Å². The molecule has 9 heteroatoms. The third-order valence-corrected chi connectivity index (χ3v) is 3.28. The van der Waals surface area contributed by atoms with Gasteiger partial charge in [-0.3, -0.25) is 9.59 Å². The van der Waals surface area contributed by atoms with Crippen LogP contribution in [0.5, 0.6) is 0 Å². The van der Waals surface area contributed by atoms with E-state index in [4.69, 9.17) is 4.74 Å². The molecule has 1 rings (SSSR count). The topological polar surface area (TPSA) is 84.5 Å². The summed E-state index contributed by atoms with van der Waals surface area (Å²) in [5.74, 6) is -2.70. The molecule has 2 amide bonds. The zero-order valence-corrected chi connectivity index (χ0v) is 14.4. The van der Waals surface area contributed by atoms with E-state index in [1.807, 2.05) is 0 Å². The number of ether oxygens (including phenoxy) is 1. The molecule has 0 aliphatic heterocycles. The SMILES string of the molecule is CC(C)[C@H](NC(=O)Cc1ccccc1)C(=O)OCC(=O)NCC(F)(F)F. The Bertz CT molecular complexity index is 618. The largest absolute Gasteiger partial charge is 0.454 e. The van der Waals surface area contributed by atoms with E-state index in [9.17, 15) is 27.6 Å². The van der Waals surface area contributed by atoms with Gasteiger partial charge in [0.05, 0.1) is 6.42 Å². The van der Waals surface area contributed by atoms with Gasteiger partial charge >= 0.3 is 12.1 Å². The Morgan fingerprint density at radius 3 is 2.23 bits per heavy atom. The van der Waals surface area contributed by atoms with Crippen LogP contribution in [0.3, 0.4) is 0 Å². The average molecular weight is 374 g/mol. The summed E-state index contributed by atoms with van der Waals surface area (Å²) in [6.45, 7) is 0.967. The highest BCUT2D eigenvalue weighted by molar-refractivity contribution is 5.87.